The summed E-state index contributed by atoms with van der Waals surface area (Å²) in [6, 6.07) is 11.7. The van der Waals surface area contributed by atoms with Gasteiger partial charge in [-0.05, 0) is 42.7 Å². The number of methoxy groups -OCH3 is 1. The highest BCUT2D eigenvalue weighted by Crippen LogP contribution is 2.24. The van der Waals surface area contributed by atoms with E-state index in [1.54, 1.807) is 29.6 Å². The Hall–Kier alpha value is -3.33. The quantitative estimate of drug-likeness (QED) is 0.294. The number of imidazole rings is 1. The number of aryl methyl sites for hydroxylation is 1. The molecule has 0 fully saturated rings. The van der Waals surface area contributed by atoms with E-state index in [9.17, 15) is 4.79 Å². The maximum absolute atomic E-state index is 12.8. The summed E-state index contributed by atoms with van der Waals surface area (Å²) < 4.78 is 6.86. The normalized spacial score (nSPS) is 11.1. The number of benzene rings is 1. The average Bonchev–Trinajstić information content (AvgIpc) is 3.13. The van der Waals surface area contributed by atoms with Crippen LogP contribution in [-0.2, 0) is 13.1 Å². The maximum atomic E-state index is 12.8. The van der Waals surface area contributed by atoms with Crippen LogP contribution in [0.4, 0.5) is 5.82 Å². The van der Waals surface area contributed by atoms with Gasteiger partial charge in [-0.1, -0.05) is 36.9 Å². The zero-order chi connectivity index (χ0) is 22.5. The average molecular weight is 451 g/mol. The summed E-state index contributed by atoms with van der Waals surface area (Å²) in [6.07, 6.45) is 2.80. The van der Waals surface area contributed by atoms with E-state index < -0.39 is 0 Å². The Bertz CT molecular complexity index is 1250. The number of ether oxygens (including phenoxy) is 1. The van der Waals surface area contributed by atoms with Crippen molar-refractivity contribution in [3.63, 3.8) is 0 Å². The summed E-state index contributed by atoms with van der Waals surface area (Å²) >= 11 is 1.58. The summed E-state index contributed by atoms with van der Waals surface area (Å²) in [5, 5.41) is 4.01. The van der Waals surface area contributed by atoms with E-state index in [0.717, 1.165) is 34.7 Å². The van der Waals surface area contributed by atoms with Crippen LogP contribution in [0.25, 0.3) is 11.2 Å². The van der Waals surface area contributed by atoms with E-state index in [2.05, 4.69) is 27.2 Å². The summed E-state index contributed by atoms with van der Waals surface area (Å²) in [5.41, 5.74) is 3.91. The Labute approximate surface area is 190 Å². The van der Waals surface area contributed by atoms with Crippen LogP contribution in [0, 0.1) is 6.92 Å². The first kappa shape index (κ1) is 21.9. The number of H-pyrrole nitrogens is 1. The Morgan fingerprint density at radius 1 is 1.12 bits per heavy atom. The van der Waals surface area contributed by atoms with Gasteiger partial charge in [0.1, 0.15) is 11.3 Å². The number of anilines is 1. The summed E-state index contributed by atoms with van der Waals surface area (Å²) in [4.78, 5) is 29.4. The second-order valence-electron chi connectivity index (χ2n) is 7.43. The van der Waals surface area contributed by atoms with Crippen LogP contribution in [-0.4, -0.2) is 37.4 Å². The number of aromatic amines is 1. The molecule has 166 valence electrons. The highest BCUT2D eigenvalue weighted by molar-refractivity contribution is 7.99. The molecule has 4 rings (SSSR count). The molecule has 0 amide bonds. The fourth-order valence-electron chi connectivity index (χ4n) is 3.25. The Kier molecular flexibility index (Phi) is 6.75. The van der Waals surface area contributed by atoms with Gasteiger partial charge in [0.25, 0.3) is 0 Å². The van der Waals surface area contributed by atoms with Crippen LogP contribution in [0.5, 0.6) is 5.75 Å². The van der Waals surface area contributed by atoms with Crippen molar-refractivity contribution in [3.8, 4) is 5.75 Å². The van der Waals surface area contributed by atoms with Crippen molar-refractivity contribution in [1.82, 2.24) is 24.5 Å². The highest BCUT2D eigenvalue weighted by atomic mass is 32.2. The van der Waals surface area contributed by atoms with Gasteiger partial charge >= 0.3 is 5.69 Å². The van der Waals surface area contributed by atoms with Crippen LogP contribution in [0.15, 0.2) is 52.5 Å². The molecule has 0 saturated carbocycles. The first-order valence-electron chi connectivity index (χ1n) is 10.5. The molecular formula is C23H26N6O2S. The van der Waals surface area contributed by atoms with Gasteiger partial charge in [-0.15, -0.1) is 0 Å². The fraction of sp³-hybridized carbons (Fsp3) is 0.304. The van der Waals surface area contributed by atoms with Gasteiger partial charge in [0.05, 0.1) is 13.7 Å². The number of hydrogen-bond acceptors (Lipinski definition) is 7. The minimum atomic E-state index is -0.222. The van der Waals surface area contributed by atoms with E-state index in [4.69, 9.17) is 9.72 Å². The molecule has 0 aliphatic heterocycles. The summed E-state index contributed by atoms with van der Waals surface area (Å²) in [7, 11) is 1.65. The zero-order valence-corrected chi connectivity index (χ0v) is 19.2. The molecule has 0 aliphatic rings. The van der Waals surface area contributed by atoms with Crippen molar-refractivity contribution < 1.29 is 4.74 Å². The van der Waals surface area contributed by atoms with E-state index in [-0.39, 0.29) is 5.69 Å². The van der Waals surface area contributed by atoms with Crippen molar-refractivity contribution in [2.45, 2.75) is 38.5 Å². The zero-order valence-electron chi connectivity index (χ0n) is 18.4. The van der Waals surface area contributed by atoms with Crippen molar-refractivity contribution in [2.24, 2.45) is 0 Å². The molecule has 0 saturated heterocycles. The third kappa shape index (κ3) is 4.94. The molecule has 0 radical (unpaired) electrons. The van der Waals surface area contributed by atoms with Gasteiger partial charge < -0.3 is 15.0 Å². The van der Waals surface area contributed by atoms with E-state index in [1.165, 1.54) is 0 Å². The van der Waals surface area contributed by atoms with E-state index in [1.807, 2.05) is 43.3 Å². The van der Waals surface area contributed by atoms with Gasteiger partial charge in [-0.2, -0.15) is 0 Å². The summed E-state index contributed by atoms with van der Waals surface area (Å²) in [5.74, 6) is 2.32. The van der Waals surface area contributed by atoms with E-state index >= 15 is 0 Å². The van der Waals surface area contributed by atoms with Crippen molar-refractivity contribution in [2.75, 3.05) is 18.2 Å². The first-order chi connectivity index (χ1) is 15.6. The molecule has 3 aromatic heterocycles. The number of rotatable bonds is 9. The topological polar surface area (TPSA) is 97.7 Å². The van der Waals surface area contributed by atoms with Gasteiger partial charge in [0, 0.05) is 24.2 Å². The monoisotopic (exact) mass is 450 g/mol. The smallest absolute Gasteiger partial charge is 0.328 e. The molecule has 0 bridgehead atoms. The predicted octanol–water partition coefficient (Wildman–Crippen LogP) is 3.99. The number of nitrogens with one attached hydrogen (secondary N) is 2. The van der Waals surface area contributed by atoms with Crippen LogP contribution >= 0.6 is 11.8 Å². The number of fused-ring (bicyclic) bond motifs is 1. The molecule has 32 heavy (non-hydrogen) atoms. The van der Waals surface area contributed by atoms with Crippen molar-refractivity contribution in [1.29, 1.82) is 0 Å². The third-order valence-electron chi connectivity index (χ3n) is 4.97. The highest BCUT2D eigenvalue weighted by Gasteiger charge is 2.16. The molecule has 9 heteroatoms. The molecule has 0 atom stereocenters. The predicted molar refractivity (Wildman–Crippen MR) is 128 cm³/mol. The number of pyridine rings is 1. The largest absolute Gasteiger partial charge is 0.497 e. The minimum absolute atomic E-state index is 0.222. The van der Waals surface area contributed by atoms with Crippen LogP contribution in [0.1, 0.15) is 30.2 Å². The lowest BCUT2D eigenvalue weighted by atomic mass is 10.2. The number of hydrogen-bond donors (Lipinski definition) is 2. The first-order valence-corrected chi connectivity index (χ1v) is 11.5. The van der Waals surface area contributed by atoms with Crippen LogP contribution in [0.3, 0.4) is 0 Å². The number of aromatic nitrogens is 5. The fourth-order valence-corrected chi connectivity index (χ4v) is 3.94. The van der Waals surface area contributed by atoms with Gasteiger partial charge in [0.2, 0.25) is 0 Å². The summed E-state index contributed by atoms with van der Waals surface area (Å²) in [6.45, 7) is 5.00. The van der Waals surface area contributed by atoms with Gasteiger partial charge in [0.15, 0.2) is 16.6 Å². The lowest BCUT2D eigenvalue weighted by Gasteiger charge is -2.10. The van der Waals surface area contributed by atoms with Crippen molar-refractivity contribution in [3.05, 3.63) is 69.9 Å². The van der Waals surface area contributed by atoms with Gasteiger partial charge in [-0.25, -0.2) is 14.8 Å². The molecule has 3 heterocycles. The van der Waals surface area contributed by atoms with Crippen molar-refractivity contribution >= 4 is 28.7 Å². The molecule has 2 N–H and O–H groups in total. The Morgan fingerprint density at radius 3 is 2.59 bits per heavy atom. The second-order valence-corrected chi connectivity index (χ2v) is 8.49. The number of nitrogens with zero attached hydrogens (tertiary/aromatic N) is 4. The maximum Gasteiger partial charge on any atom is 0.328 e. The SMILES string of the molecule is CCCSc1nc(NCc2ccc(OC)cc2)c2[nH]c(=O)n(Cc3ccc(C)nc3)c2n1. The molecule has 0 spiro atoms. The van der Waals surface area contributed by atoms with Gasteiger partial charge in [-0.3, -0.25) is 9.55 Å². The molecule has 8 nitrogen and oxygen atoms in total. The molecule has 4 aromatic rings. The second kappa shape index (κ2) is 9.86. The molecular weight excluding hydrogens is 424 g/mol. The van der Waals surface area contributed by atoms with E-state index in [0.29, 0.717) is 35.2 Å². The third-order valence-corrected chi connectivity index (χ3v) is 6.02. The lowest BCUT2D eigenvalue weighted by Crippen LogP contribution is -2.18. The standard InChI is InChI=1S/C23H26N6O2S/c1-4-11-32-22-27-20(25-12-16-7-9-18(31-3)10-8-16)19-21(28-22)29(23(30)26-19)14-17-6-5-15(2)24-13-17/h5-10,13H,4,11-12,14H2,1-3H3,(H,26,30)(H,25,27,28). The molecule has 0 unspecified atom stereocenters. The molecule has 1 aromatic carbocycles. The lowest BCUT2D eigenvalue weighted by molar-refractivity contribution is 0.414. The Balaban J connectivity index is 1.68. The molecule has 0 aliphatic carbocycles. The Morgan fingerprint density at radius 2 is 1.91 bits per heavy atom. The number of thioether (sulfide) groups is 1. The van der Waals surface area contributed by atoms with Crippen LogP contribution in [0.2, 0.25) is 0 Å². The van der Waals surface area contributed by atoms with Crippen LogP contribution < -0.4 is 15.7 Å². The minimum Gasteiger partial charge on any atom is -0.497 e.